The molecular weight excluding hydrogens is 444 g/mol. The number of benzene rings is 1. The maximum atomic E-state index is 14.2. The van der Waals surface area contributed by atoms with Gasteiger partial charge in [0, 0.05) is 25.0 Å². The Kier molecular flexibility index (Phi) is 6.09. The third kappa shape index (κ3) is 4.85. The third-order valence-electron chi connectivity index (χ3n) is 4.80. The van der Waals surface area contributed by atoms with Crippen LogP contribution in [0.3, 0.4) is 0 Å². The highest BCUT2D eigenvalue weighted by atomic mass is 19.4. The summed E-state index contributed by atoms with van der Waals surface area (Å²) < 4.78 is 58.9. The Morgan fingerprint density at radius 3 is 2.70 bits per heavy atom. The third-order valence-corrected chi connectivity index (χ3v) is 4.80. The summed E-state index contributed by atoms with van der Waals surface area (Å²) in [4.78, 5) is 17.2. The first-order chi connectivity index (χ1) is 15.8. The number of ether oxygens (including phenoxy) is 1. The lowest BCUT2D eigenvalue weighted by Gasteiger charge is -2.17. The van der Waals surface area contributed by atoms with E-state index >= 15 is 0 Å². The molecule has 0 amide bonds. The highest BCUT2D eigenvalue weighted by molar-refractivity contribution is 5.59. The molecule has 1 unspecified atom stereocenters. The standard InChI is InChI=1S/C21H18F4N6O2/c1-33-16-9-27-18(30-19(16)28-10-17(32)21(23,24)25)15-11-31-7-6-26-20(31)14(29-15)8-12-4-2-3-5-13(12)22/h2-7,9,11,17,32H,8,10H2,1H3,(H,27,28,30). The molecule has 1 atom stereocenters. The van der Waals surface area contributed by atoms with E-state index in [0.29, 0.717) is 16.9 Å². The molecule has 33 heavy (non-hydrogen) atoms. The van der Waals surface area contributed by atoms with E-state index < -0.39 is 18.8 Å². The summed E-state index contributed by atoms with van der Waals surface area (Å²) in [5.74, 6) is -0.257. The molecular formula is C21H18F4N6O2. The number of anilines is 1. The van der Waals surface area contributed by atoms with E-state index in [1.807, 2.05) is 0 Å². The molecule has 3 heterocycles. The van der Waals surface area contributed by atoms with Crippen molar-refractivity contribution in [2.24, 2.45) is 0 Å². The number of halogens is 4. The molecule has 0 fully saturated rings. The van der Waals surface area contributed by atoms with Gasteiger partial charge in [-0.3, -0.25) is 0 Å². The molecule has 0 radical (unpaired) electrons. The topological polar surface area (TPSA) is 97.5 Å². The molecule has 4 aromatic rings. The zero-order valence-corrected chi connectivity index (χ0v) is 17.2. The van der Waals surface area contributed by atoms with E-state index in [1.165, 1.54) is 19.4 Å². The lowest BCUT2D eigenvalue weighted by Crippen LogP contribution is -2.35. The zero-order valence-electron chi connectivity index (χ0n) is 17.2. The highest BCUT2D eigenvalue weighted by Crippen LogP contribution is 2.27. The van der Waals surface area contributed by atoms with Gasteiger partial charge in [0.05, 0.1) is 25.5 Å². The number of aromatic nitrogens is 5. The molecule has 0 spiro atoms. The van der Waals surface area contributed by atoms with Crippen molar-refractivity contribution in [3.05, 3.63) is 66.1 Å². The molecule has 2 N–H and O–H groups in total. The van der Waals surface area contributed by atoms with E-state index in [1.54, 1.807) is 41.2 Å². The van der Waals surface area contributed by atoms with Gasteiger partial charge in [-0.15, -0.1) is 0 Å². The van der Waals surface area contributed by atoms with Gasteiger partial charge in [-0.25, -0.2) is 24.3 Å². The first-order valence-corrected chi connectivity index (χ1v) is 9.72. The summed E-state index contributed by atoms with van der Waals surface area (Å²) in [7, 11) is 1.31. The van der Waals surface area contributed by atoms with Crippen LogP contribution in [-0.4, -0.2) is 55.4 Å². The van der Waals surface area contributed by atoms with Crippen LogP contribution in [0.25, 0.3) is 17.2 Å². The first kappa shape index (κ1) is 22.4. The second-order valence-corrected chi connectivity index (χ2v) is 7.05. The molecule has 0 saturated heterocycles. The normalized spacial score (nSPS) is 12.7. The maximum absolute atomic E-state index is 14.2. The van der Waals surface area contributed by atoms with E-state index in [4.69, 9.17) is 4.74 Å². The number of hydrogen-bond donors (Lipinski definition) is 2. The van der Waals surface area contributed by atoms with Crippen molar-refractivity contribution in [2.75, 3.05) is 19.0 Å². The van der Waals surface area contributed by atoms with Crippen molar-refractivity contribution in [3.8, 4) is 17.3 Å². The Hall–Kier alpha value is -3.80. The fourth-order valence-electron chi connectivity index (χ4n) is 3.12. The molecule has 4 rings (SSSR count). The summed E-state index contributed by atoms with van der Waals surface area (Å²) in [6, 6.07) is 6.29. The molecule has 0 aliphatic rings. The molecule has 1 aromatic carbocycles. The second kappa shape index (κ2) is 8.98. The van der Waals surface area contributed by atoms with Gasteiger partial charge in [0.1, 0.15) is 11.5 Å². The summed E-state index contributed by atoms with van der Waals surface area (Å²) in [6.07, 6.45) is -1.11. The smallest absolute Gasteiger partial charge is 0.416 e. The van der Waals surface area contributed by atoms with Gasteiger partial charge in [-0.1, -0.05) is 18.2 Å². The van der Waals surface area contributed by atoms with Gasteiger partial charge in [0.2, 0.25) is 0 Å². The number of fused-ring (bicyclic) bond motifs is 1. The molecule has 172 valence electrons. The van der Waals surface area contributed by atoms with Crippen molar-refractivity contribution in [3.63, 3.8) is 0 Å². The lowest BCUT2D eigenvalue weighted by molar-refractivity contribution is -0.198. The van der Waals surface area contributed by atoms with Crippen LogP contribution in [0, 0.1) is 5.82 Å². The molecule has 8 nitrogen and oxygen atoms in total. The number of alkyl halides is 3. The summed E-state index contributed by atoms with van der Waals surface area (Å²) in [5.41, 5.74) is 1.69. The fourth-order valence-corrected chi connectivity index (χ4v) is 3.12. The molecule has 3 aromatic heterocycles. The van der Waals surface area contributed by atoms with Gasteiger partial charge >= 0.3 is 6.18 Å². The minimum Gasteiger partial charge on any atom is -0.491 e. The van der Waals surface area contributed by atoms with Crippen molar-refractivity contribution in [1.82, 2.24) is 24.3 Å². The average Bonchev–Trinajstić information content (AvgIpc) is 3.27. The van der Waals surface area contributed by atoms with E-state index in [2.05, 4.69) is 25.3 Å². The number of aliphatic hydroxyl groups is 1. The number of imidazole rings is 1. The van der Waals surface area contributed by atoms with Gasteiger partial charge in [0.15, 0.2) is 29.1 Å². The van der Waals surface area contributed by atoms with Crippen molar-refractivity contribution >= 4 is 11.5 Å². The predicted molar refractivity (Wildman–Crippen MR) is 110 cm³/mol. The van der Waals surface area contributed by atoms with E-state index in [9.17, 15) is 22.7 Å². The number of rotatable bonds is 7. The summed E-state index contributed by atoms with van der Waals surface area (Å²) in [6.45, 7) is -0.831. The molecule has 0 bridgehead atoms. The molecule has 0 aliphatic heterocycles. The van der Waals surface area contributed by atoms with Crippen molar-refractivity contribution in [2.45, 2.75) is 18.7 Å². The minimum absolute atomic E-state index is 0.0472. The SMILES string of the molecule is COc1cnc(-c2cn3ccnc3c(Cc3ccccc3F)n2)nc1NCC(O)C(F)(F)F. The van der Waals surface area contributed by atoms with Crippen LogP contribution in [0.2, 0.25) is 0 Å². The van der Waals surface area contributed by atoms with Gasteiger partial charge in [0.25, 0.3) is 0 Å². The number of hydrogen-bond acceptors (Lipinski definition) is 7. The first-order valence-electron chi connectivity index (χ1n) is 9.72. The summed E-state index contributed by atoms with van der Waals surface area (Å²) in [5, 5.41) is 11.7. The highest BCUT2D eigenvalue weighted by Gasteiger charge is 2.38. The van der Waals surface area contributed by atoms with Gasteiger partial charge < -0.3 is 19.6 Å². The monoisotopic (exact) mass is 462 g/mol. The number of nitrogens with one attached hydrogen (secondary N) is 1. The Labute approximate surface area is 184 Å². The minimum atomic E-state index is -4.79. The largest absolute Gasteiger partial charge is 0.491 e. The fraction of sp³-hybridized carbons (Fsp3) is 0.238. The molecule has 12 heteroatoms. The van der Waals surface area contributed by atoms with Gasteiger partial charge in [-0.2, -0.15) is 13.2 Å². The number of aliphatic hydroxyl groups excluding tert-OH is 1. The number of nitrogens with zero attached hydrogens (tertiary/aromatic N) is 5. The summed E-state index contributed by atoms with van der Waals surface area (Å²) >= 11 is 0. The average molecular weight is 462 g/mol. The molecule has 0 saturated carbocycles. The van der Waals surface area contributed by atoms with Crippen LogP contribution in [0.15, 0.2) is 49.1 Å². The second-order valence-electron chi connectivity index (χ2n) is 7.05. The quantitative estimate of drug-likeness (QED) is 0.407. The maximum Gasteiger partial charge on any atom is 0.416 e. The number of methoxy groups -OCH3 is 1. The van der Waals surface area contributed by atoms with Crippen LogP contribution in [0.4, 0.5) is 23.4 Å². The van der Waals surface area contributed by atoms with Crippen LogP contribution < -0.4 is 10.1 Å². The Morgan fingerprint density at radius 1 is 1.18 bits per heavy atom. The zero-order chi connectivity index (χ0) is 23.6. The van der Waals surface area contributed by atoms with Crippen molar-refractivity contribution < 1.29 is 27.4 Å². The predicted octanol–water partition coefficient (Wildman–Crippen LogP) is 3.26. The van der Waals surface area contributed by atoms with E-state index in [0.717, 1.165) is 0 Å². The van der Waals surface area contributed by atoms with Gasteiger partial charge in [-0.05, 0) is 11.6 Å². The lowest BCUT2D eigenvalue weighted by atomic mass is 10.1. The Morgan fingerprint density at radius 2 is 1.97 bits per heavy atom. The van der Waals surface area contributed by atoms with Crippen LogP contribution >= 0.6 is 0 Å². The Bertz CT molecular complexity index is 1280. The Balaban J connectivity index is 1.70. The molecule has 0 aliphatic carbocycles. The van der Waals surface area contributed by atoms with Crippen LogP contribution in [0.1, 0.15) is 11.3 Å². The van der Waals surface area contributed by atoms with Crippen molar-refractivity contribution in [1.29, 1.82) is 0 Å². The van der Waals surface area contributed by atoms with Crippen LogP contribution in [-0.2, 0) is 6.42 Å². The van der Waals surface area contributed by atoms with Crippen LogP contribution in [0.5, 0.6) is 5.75 Å². The van der Waals surface area contributed by atoms with E-state index in [-0.39, 0.29) is 35.3 Å².